The van der Waals surface area contributed by atoms with Crippen molar-refractivity contribution >= 4 is 33.2 Å². The van der Waals surface area contributed by atoms with Crippen molar-refractivity contribution in [2.24, 2.45) is 17.8 Å². The van der Waals surface area contributed by atoms with Gasteiger partial charge in [-0.3, -0.25) is 14.6 Å². The summed E-state index contributed by atoms with van der Waals surface area (Å²) in [5.74, 6) is 0.497. The summed E-state index contributed by atoms with van der Waals surface area (Å²) in [4.78, 5) is 23.6. The van der Waals surface area contributed by atoms with E-state index in [1.165, 1.54) is 5.56 Å². The Hall–Kier alpha value is -2.67. The number of allylic oxidation sites excluding steroid dienone is 1. The Morgan fingerprint density at radius 1 is 0.981 bits per heavy atom. The van der Waals surface area contributed by atoms with E-state index >= 15 is 0 Å². The van der Waals surface area contributed by atoms with Crippen LogP contribution in [0.15, 0.2) is 48.6 Å². The summed E-state index contributed by atoms with van der Waals surface area (Å²) < 4.78 is 42.8. The van der Waals surface area contributed by atoms with Gasteiger partial charge in [0.15, 0.2) is 0 Å². The Morgan fingerprint density at radius 3 is 2.49 bits per heavy atom. The number of methoxy groups -OCH3 is 1. The van der Waals surface area contributed by atoms with Gasteiger partial charge in [0.05, 0.1) is 10.9 Å². The number of rotatable bonds is 4. The number of anilines is 1. The first-order chi connectivity index (χ1) is 25.4. The largest absolute Gasteiger partial charge is 0.487 e. The van der Waals surface area contributed by atoms with Gasteiger partial charge in [-0.05, 0) is 112 Å². The molecule has 53 heavy (non-hydrogen) atoms. The molecule has 1 aliphatic carbocycles. The second-order valence-electron chi connectivity index (χ2n) is 16.4. The van der Waals surface area contributed by atoms with Crippen LogP contribution < -0.4 is 14.4 Å². The predicted molar refractivity (Wildman–Crippen MR) is 211 cm³/mol. The monoisotopic (exact) mass is 767 g/mol. The summed E-state index contributed by atoms with van der Waals surface area (Å²) in [5, 5.41) is -0.0523. The molecule has 12 heteroatoms. The Labute approximate surface area is 321 Å². The van der Waals surface area contributed by atoms with Crippen LogP contribution in [0.25, 0.3) is 0 Å². The molecule has 2 bridgehead atoms. The molecular weight excluding hydrogens is 710 g/mol. The fourth-order valence-corrected chi connectivity index (χ4v) is 10.6. The smallest absolute Gasteiger partial charge is 0.264 e. The third-order valence-electron chi connectivity index (χ3n) is 13.0. The van der Waals surface area contributed by atoms with Crippen LogP contribution in [0.2, 0.25) is 5.02 Å². The molecule has 2 aromatic rings. The van der Waals surface area contributed by atoms with Crippen LogP contribution >= 0.6 is 11.6 Å². The highest BCUT2D eigenvalue weighted by atomic mass is 35.5. The summed E-state index contributed by atoms with van der Waals surface area (Å²) in [5.41, 5.74) is 2.91. The number of sulfonamides is 1. The maximum atomic E-state index is 13.6. The number of hydrogen-bond acceptors (Lipinski definition) is 9. The van der Waals surface area contributed by atoms with E-state index in [0.717, 1.165) is 107 Å². The topological polar surface area (TPSA) is 94.7 Å². The lowest BCUT2D eigenvalue weighted by atomic mass is 9.63. The lowest BCUT2D eigenvalue weighted by molar-refractivity contribution is -0.0981. The maximum absolute atomic E-state index is 13.6. The number of amides is 1. The van der Waals surface area contributed by atoms with Crippen molar-refractivity contribution in [2.75, 3.05) is 78.0 Å². The van der Waals surface area contributed by atoms with Crippen LogP contribution in [0.1, 0.15) is 67.4 Å². The minimum absolute atomic E-state index is 0.214. The van der Waals surface area contributed by atoms with Crippen LogP contribution in [-0.2, 0) is 27.8 Å². The molecule has 7 rings (SSSR count). The first-order valence-corrected chi connectivity index (χ1v) is 21.6. The molecule has 5 atom stereocenters. The van der Waals surface area contributed by atoms with Crippen LogP contribution in [-0.4, -0.2) is 119 Å². The highest BCUT2D eigenvalue weighted by molar-refractivity contribution is 7.90. The van der Waals surface area contributed by atoms with Gasteiger partial charge >= 0.3 is 0 Å². The molecule has 10 nitrogen and oxygen atoms in total. The zero-order chi connectivity index (χ0) is 37.3. The van der Waals surface area contributed by atoms with E-state index in [2.05, 4.69) is 43.5 Å². The van der Waals surface area contributed by atoms with E-state index in [-0.39, 0.29) is 11.8 Å². The lowest BCUT2D eigenvalue weighted by Gasteiger charge is -2.52. The van der Waals surface area contributed by atoms with Gasteiger partial charge in [0, 0.05) is 82.6 Å². The minimum Gasteiger partial charge on any atom is -0.487 e. The molecule has 1 amide bonds. The Bertz CT molecular complexity index is 1760. The van der Waals surface area contributed by atoms with Gasteiger partial charge in [-0.15, -0.1) is 0 Å². The van der Waals surface area contributed by atoms with E-state index in [9.17, 15) is 13.2 Å². The molecule has 1 N–H and O–H groups in total. The normalized spacial score (nSPS) is 31.4. The third kappa shape index (κ3) is 8.45. The average Bonchev–Trinajstić information content (AvgIpc) is 3.14. The average molecular weight is 768 g/mol. The van der Waals surface area contributed by atoms with Gasteiger partial charge in [-0.25, -0.2) is 13.1 Å². The van der Waals surface area contributed by atoms with Crippen molar-refractivity contribution in [3.63, 3.8) is 0 Å². The minimum atomic E-state index is -3.95. The third-order valence-corrected chi connectivity index (χ3v) is 15.1. The maximum Gasteiger partial charge on any atom is 0.264 e. The molecule has 3 fully saturated rings. The molecule has 0 radical (unpaired) electrons. The van der Waals surface area contributed by atoms with Gasteiger partial charge in [0.1, 0.15) is 18.0 Å². The Kier molecular flexibility index (Phi) is 11.8. The van der Waals surface area contributed by atoms with Crippen LogP contribution in [0.5, 0.6) is 5.75 Å². The quantitative estimate of drug-likeness (QED) is 0.408. The summed E-state index contributed by atoms with van der Waals surface area (Å²) in [7, 11) is 0.0996. The molecule has 4 aliphatic heterocycles. The van der Waals surface area contributed by atoms with Crippen molar-refractivity contribution in [3.8, 4) is 5.75 Å². The molecule has 5 aliphatic rings. The Balaban J connectivity index is 1.22. The number of ether oxygens (including phenoxy) is 2. The zero-order valence-electron chi connectivity index (χ0n) is 31.9. The van der Waals surface area contributed by atoms with Crippen molar-refractivity contribution in [1.82, 2.24) is 19.4 Å². The number of piperazine rings is 1. The van der Waals surface area contributed by atoms with Gasteiger partial charge in [-0.2, -0.15) is 0 Å². The molecule has 0 aromatic heterocycles. The number of likely N-dealkylation sites (tertiary alicyclic amines) is 1. The predicted octanol–water partition coefficient (Wildman–Crippen LogP) is 5.45. The number of nitrogens with zero attached hydrogens (tertiary/aromatic N) is 4. The van der Waals surface area contributed by atoms with Crippen LogP contribution in [0.4, 0.5) is 5.69 Å². The summed E-state index contributed by atoms with van der Waals surface area (Å²) in [6, 6.07) is 12.0. The van der Waals surface area contributed by atoms with E-state index < -0.39 is 26.8 Å². The number of halogens is 1. The molecular formula is C41H58ClN5O5S. The van der Waals surface area contributed by atoms with Gasteiger partial charge in [0.25, 0.3) is 5.91 Å². The van der Waals surface area contributed by atoms with E-state index in [1.54, 1.807) is 13.0 Å². The van der Waals surface area contributed by atoms with Crippen molar-refractivity contribution in [3.05, 3.63) is 70.3 Å². The van der Waals surface area contributed by atoms with Gasteiger partial charge < -0.3 is 19.3 Å². The number of benzene rings is 2. The Morgan fingerprint density at radius 2 is 1.77 bits per heavy atom. The molecule has 0 spiro atoms. The fourth-order valence-electron chi connectivity index (χ4n) is 9.16. The number of carbonyl (C=O) groups is 1. The lowest BCUT2D eigenvalue weighted by Crippen LogP contribution is -2.63. The second kappa shape index (κ2) is 16.2. The van der Waals surface area contributed by atoms with E-state index in [0.29, 0.717) is 36.3 Å². The number of carbonyl (C=O) groups excluding carboxylic acids is 1. The molecule has 0 unspecified atom stereocenters. The first kappa shape index (κ1) is 38.6. The number of fused-ring (bicyclic) bond motifs is 3. The SMILES string of the molecule is CO[C@@]1(CN2CCN(C3CN(C)C3)CC2)/C=C/C[C@H](C)[C@@H](C)S(=O)(=O)NC(=O)c2ccc3c(c2)N(CCCCc2cc(Cl)ccc2CO3)C[C@@H]2CC[C@H]21. The van der Waals surface area contributed by atoms with Crippen LogP contribution in [0.3, 0.4) is 0 Å². The fraction of sp³-hybridized carbons (Fsp3) is 0.634. The molecule has 1 saturated carbocycles. The summed E-state index contributed by atoms with van der Waals surface area (Å²) in [6.45, 7) is 12.8. The molecule has 2 aromatic carbocycles. The number of aryl methyl sites for hydroxylation is 1. The van der Waals surface area contributed by atoms with Crippen molar-refractivity contribution in [1.29, 1.82) is 0 Å². The van der Waals surface area contributed by atoms with Gasteiger partial charge in [0.2, 0.25) is 10.0 Å². The van der Waals surface area contributed by atoms with Crippen LogP contribution in [0, 0.1) is 17.8 Å². The highest BCUT2D eigenvalue weighted by Gasteiger charge is 2.48. The van der Waals surface area contributed by atoms with E-state index in [4.69, 9.17) is 21.1 Å². The van der Waals surface area contributed by atoms with E-state index in [1.807, 2.05) is 44.4 Å². The number of nitrogens with one attached hydrogen (secondary N) is 1. The molecule has 290 valence electrons. The number of likely N-dealkylation sites (N-methyl/N-ethyl adjacent to an activating group) is 1. The molecule has 4 heterocycles. The number of hydrogen-bond donors (Lipinski definition) is 1. The standard InChI is InChI=1S/C41H58ClN5O5S/c1-29-8-7-16-41(51-4,28-45-18-20-46(21-19-45)36-25-44(3)26-36)37-14-11-33(37)24-47-17-6-5-9-31-22-35(42)13-10-34(31)27-52-39-15-12-32(23-38(39)47)40(48)43-53(49,50)30(29)2/h7,10,12-13,15-16,22-23,29-30,33,36-37H,5-6,8-9,11,14,17-21,24-28H2,1-4H3,(H,43,48)/b16-7+/t29-,30+,33-,37+,41+/m0/s1. The zero-order valence-corrected chi connectivity index (χ0v) is 33.5. The highest BCUT2D eigenvalue weighted by Crippen LogP contribution is 2.47. The first-order valence-electron chi connectivity index (χ1n) is 19.7. The second-order valence-corrected chi connectivity index (χ2v) is 18.8. The summed E-state index contributed by atoms with van der Waals surface area (Å²) in [6.07, 6.45) is 9.96. The summed E-state index contributed by atoms with van der Waals surface area (Å²) >= 11 is 6.41. The van der Waals surface area contributed by atoms with Gasteiger partial charge in [-0.1, -0.05) is 36.7 Å². The van der Waals surface area contributed by atoms with Crippen molar-refractivity contribution in [2.45, 2.75) is 75.9 Å². The molecule has 2 saturated heterocycles. The van der Waals surface area contributed by atoms with Crippen molar-refractivity contribution < 1.29 is 22.7 Å².